The zero-order valence-corrected chi connectivity index (χ0v) is 11.0. The number of methoxy groups -OCH3 is 1. The lowest BCUT2D eigenvalue weighted by atomic mass is 9.95. The Hall–Kier alpha value is -1.26. The third kappa shape index (κ3) is 4.55. The van der Waals surface area contributed by atoms with Gasteiger partial charge < -0.3 is 20.1 Å². The molecule has 3 N–H and O–H groups in total. The number of para-hydroxylation sites is 1. The highest BCUT2D eigenvalue weighted by Gasteiger charge is 2.24. The fourth-order valence-electron chi connectivity index (χ4n) is 2.02. The number of aryl methyl sites for hydroxylation is 1. The second-order valence-electron chi connectivity index (χ2n) is 4.67. The van der Waals surface area contributed by atoms with Gasteiger partial charge in [-0.1, -0.05) is 18.6 Å². The van der Waals surface area contributed by atoms with Gasteiger partial charge in [-0.25, -0.2) is 0 Å². The predicted molar refractivity (Wildman–Crippen MR) is 69.6 cm³/mol. The highest BCUT2D eigenvalue weighted by Crippen LogP contribution is 2.28. The molecular weight excluding hydrogens is 232 g/mol. The third-order valence-corrected chi connectivity index (χ3v) is 3.05. The van der Waals surface area contributed by atoms with Gasteiger partial charge in [0.25, 0.3) is 0 Å². The van der Waals surface area contributed by atoms with Crippen LogP contribution in [0.1, 0.15) is 37.7 Å². The Morgan fingerprint density at radius 3 is 2.06 bits per heavy atom. The van der Waals surface area contributed by atoms with E-state index >= 15 is 0 Å². The molecule has 0 saturated heterocycles. The van der Waals surface area contributed by atoms with Gasteiger partial charge >= 0.3 is 0 Å². The standard InChI is InChI=1S/C8H10O2.C6H12O2/c1-6-4-3-5-7(9)8(6)10-2;7-6(8)4-2-1-3-5-6/h3-5,9H,1-2H3;7-8H,1-5H2. The molecule has 4 nitrogen and oxygen atoms in total. The molecule has 0 aliphatic heterocycles. The number of benzene rings is 1. The van der Waals surface area contributed by atoms with Gasteiger partial charge in [-0.05, 0) is 31.4 Å². The quantitative estimate of drug-likeness (QED) is 0.673. The van der Waals surface area contributed by atoms with E-state index < -0.39 is 5.79 Å². The third-order valence-electron chi connectivity index (χ3n) is 3.05. The molecule has 0 atom stereocenters. The van der Waals surface area contributed by atoms with Crippen molar-refractivity contribution in [2.45, 2.75) is 44.8 Å². The molecule has 4 heteroatoms. The zero-order chi connectivity index (χ0) is 13.6. The van der Waals surface area contributed by atoms with Gasteiger partial charge in [0.1, 0.15) is 0 Å². The summed E-state index contributed by atoms with van der Waals surface area (Å²) < 4.78 is 4.93. The van der Waals surface area contributed by atoms with Crippen LogP contribution >= 0.6 is 0 Å². The van der Waals surface area contributed by atoms with Crippen LogP contribution in [0.25, 0.3) is 0 Å². The fraction of sp³-hybridized carbons (Fsp3) is 0.571. The van der Waals surface area contributed by atoms with Crippen molar-refractivity contribution in [2.75, 3.05) is 7.11 Å². The average Bonchev–Trinajstić information content (AvgIpc) is 2.30. The number of phenols is 1. The van der Waals surface area contributed by atoms with Gasteiger partial charge in [0.05, 0.1) is 7.11 Å². The van der Waals surface area contributed by atoms with E-state index in [2.05, 4.69) is 0 Å². The highest BCUT2D eigenvalue weighted by molar-refractivity contribution is 5.44. The van der Waals surface area contributed by atoms with E-state index in [0.29, 0.717) is 18.6 Å². The van der Waals surface area contributed by atoms with Crippen molar-refractivity contribution in [2.24, 2.45) is 0 Å². The summed E-state index contributed by atoms with van der Waals surface area (Å²) in [4.78, 5) is 0. The summed E-state index contributed by atoms with van der Waals surface area (Å²) >= 11 is 0. The van der Waals surface area contributed by atoms with E-state index in [1.807, 2.05) is 13.0 Å². The van der Waals surface area contributed by atoms with Gasteiger partial charge in [0, 0.05) is 12.8 Å². The van der Waals surface area contributed by atoms with Gasteiger partial charge in [0.15, 0.2) is 17.3 Å². The lowest BCUT2D eigenvalue weighted by Crippen LogP contribution is -2.30. The first kappa shape index (κ1) is 14.8. The summed E-state index contributed by atoms with van der Waals surface area (Å²) in [7, 11) is 1.54. The number of hydrogen-bond acceptors (Lipinski definition) is 4. The van der Waals surface area contributed by atoms with Crippen molar-refractivity contribution < 1.29 is 20.1 Å². The Morgan fingerprint density at radius 1 is 1.11 bits per heavy atom. The van der Waals surface area contributed by atoms with Crippen molar-refractivity contribution in [3.05, 3.63) is 23.8 Å². The van der Waals surface area contributed by atoms with Crippen LogP contribution < -0.4 is 4.74 Å². The van der Waals surface area contributed by atoms with E-state index in [4.69, 9.17) is 20.1 Å². The highest BCUT2D eigenvalue weighted by atomic mass is 16.5. The molecular formula is C14H22O4. The Morgan fingerprint density at radius 2 is 1.72 bits per heavy atom. The molecule has 0 spiro atoms. The second-order valence-corrected chi connectivity index (χ2v) is 4.67. The van der Waals surface area contributed by atoms with Crippen LogP contribution in [0.4, 0.5) is 0 Å². The van der Waals surface area contributed by atoms with E-state index in [0.717, 1.165) is 24.8 Å². The molecule has 0 amide bonds. The molecule has 1 aliphatic rings. The lowest BCUT2D eigenvalue weighted by molar-refractivity contribution is -0.180. The monoisotopic (exact) mass is 254 g/mol. The molecule has 1 aliphatic carbocycles. The maximum absolute atomic E-state index is 9.17. The van der Waals surface area contributed by atoms with Crippen molar-refractivity contribution >= 4 is 0 Å². The van der Waals surface area contributed by atoms with Crippen LogP contribution in [0.3, 0.4) is 0 Å². The molecule has 0 radical (unpaired) electrons. The fourth-order valence-corrected chi connectivity index (χ4v) is 2.02. The Kier molecular flexibility index (Phi) is 5.44. The summed E-state index contributed by atoms with van der Waals surface area (Å²) in [6, 6.07) is 5.28. The van der Waals surface area contributed by atoms with Crippen LogP contribution in [0.5, 0.6) is 11.5 Å². The topological polar surface area (TPSA) is 69.9 Å². The largest absolute Gasteiger partial charge is 0.504 e. The molecule has 18 heavy (non-hydrogen) atoms. The zero-order valence-electron chi connectivity index (χ0n) is 11.0. The molecule has 1 fully saturated rings. The number of ether oxygens (including phenoxy) is 1. The maximum Gasteiger partial charge on any atom is 0.163 e. The smallest absolute Gasteiger partial charge is 0.163 e. The van der Waals surface area contributed by atoms with Gasteiger partial charge in [-0.3, -0.25) is 0 Å². The predicted octanol–water partition coefficient (Wildman–Crippen LogP) is 2.34. The maximum atomic E-state index is 9.17. The average molecular weight is 254 g/mol. The van der Waals surface area contributed by atoms with E-state index in [1.165, 1.54) is 0 Å². The molecule has 0 unspecified atom stereocenters. The second kappa shape index (κ2) is 6.61. The Balaban J connectivity index is 0.000000184. The van der Waals surface area contributed by atoms with Crippen molar-refractivity contribution in [1.29, 1.82) is 0 Å². The van der Waals surface area contributed by atoms with E-state index in [1.54, 1.807) is 19.2 Å². The minimum atomic E-state index is -1.32. The summed E-state index contributed by atoms with van der Waals surface area (Å²) in [5.74, 6) is -0.567. The normalized spacial score (nSPS) is 17.6. The number of rotatable bonds is 1. The van der Waals surface area contributed by atoms with Crippen molar-refractivity contribution in [1.82, 2.24) is 0 Å². The van der Waals surface area contributed by atoms with Gasteiger partial charge in [-0.2, -0.15) is 0 Å². The Bertz CT molecular complexity index is 346. The van der Waals surface area contributed by atoms with Gasteiger partial charge in [-0.15, -0.1) is 0 Å². The summed E-state index contributed by atoms with van der Waals surface area (Å²) in [5, 5.41) is 27.0. The molecule has 1 aromatic rings. The van der Waals surface area contributed by atoms with Crippen molar-refractivity contribution in [3.8, 4) is 11.5 Å². The number of hydrogen-bond donors (Lipinski definition) is 3. The van der Waals surface area contributed by atoms with Crippen LogP contribution in [0, 0.1) is 6.92 Å². The van der Waals surface area contributed by atoms with Gasteiger partial charge in [0.2, 0.25) is 0 Å². The van der Waals surface area contributed by atoms with Crippen LogP contribution in [-0.2, 0) is 0 Å². The van der Waals surface area contributed by atoms with Crippen LogP contribution in [0.15, 0.2) is 18.2 Å². The molecule has 102 valence electrons. The molecule has 0 heterocycles. The summed E-state index contributed by atoms with van der Waals surface area (Å²) in [6.45, 7) is 1.89. The molecule has 1 saturated carbocycles. The SMILES string of the molecule is COc1c(C)cccc1O.OC1(O)CCCCC1. The molecule has 2 rings (SSSR count). The van der Waals surface area contributed by atoms with Crippen molar-refractivity contribution in [3.63, 3.8) is 0 Å². The number of aromatic hydroxyl groups is 1. The minimum Gasteiger partial charge on any atom is -0.504 e. The van der Waals surface area contributed by atoms with E-state index in [9.17, 15) is 0 Å². The number of phenolic OH excluding ortho intramolecular Hbond substituents is 1. The van der Waals surface area contributed by atoms with Crippen LogP contribution in [-0.4, -0.2) is 28.2 Å². The summed E-state index contributed by atoms with van der Waals surface area (Å²) in [6.07, 6.45) is 4.21. The molecule has 0 aromatic heterocycles. The number of aliphatic hydroxyl groups is 2. The molecule has 0 bridgehead atoms. The first-order chi connectivity index (χ1) is 8.46. The first-order valence-corrected chi connectivity index (χ1v) is 6.23. The minimum absolute atomic E-state index is 0.197. The first-order valence-electron chi connectivity index (χ1n) is 6.23. The Labute approximate surface area is 108 Å². The molecule has 1 aromatic carbocycles. The van der Waals surface area contributed by atoms with E-state index in [-0.39, 0.29) is 5.75 Å². The lowest BCUT2D eigenvalue weighted by Gasteiger charge is -2.25. The summed E-state index contributed by atoms with van der Waals surface area (Å²) in [5.41, 5.74) is 0.947. The van der Waals surface area contributed by atoms with Crippen LogP contribution in [0.2, 0.25) is 0 Å².